The van der Waals surface area contributed by atoms with Crippen LogP contribution in [0.1, 0.15) is 58.8 Å². The normalized spacial score (nSPS) is 57.6. The predicted octanol–water partition coefficient (Wildman–Crippen LogP) is 2.64. The van der Waals surface area contributed by atoms with Crippen LogP contribution in [0.15, 0.2) is 11.6 Å². The molecule has 0 bridgehead atoms. The number of hydrogen-bond acceptors (Lipinski definition) is 3. The number of hydrogen-bond donors (Lipinski definition) is 3. The van der Waals surface area contributed by atoms with Crippen molar-refractivity contribution in [2.45, 2.75) is 77.1 Å². The molecule has 0 radical (unpaired) electrons. The van der Waals surface area contributed by atoms with Gasteiger partial charge in [-0.1, -0.05) is 25.5 Å². The molecule has 0 aromatic carbocycles. The Hall–Kier alpha value is -0.380. The van der Waals surface area contributed by atoms with Crippen molar-refractivity contribution in [2.24, 2.45) is 28.6 Å². The van der Waals surface area contributed by atoms with Crippen molar-refractivity contribution in [3.05, 3.63) is 11.6 Å². The fourth-order valence-corrected chi connectivity index (χ4v) is 6.65. The second-order valence-corrected chi connectivity index (χ2v) is 8.91. The minimum atomic E-state index is -0.325. The maximum absolute atomic E-state index is 10.9. The summed E-state index contributed by atoms with van der Waals surface area (Å²) in [5.74, 6) is 1.30. The van der Waals surface area contributed by atoms with E-state index < -0.39 is 0 Å². The Morgan fingerprint density at radius 1 is 0.955 bits per heavy atom. The van der Waals surface area contributed by atoms with Gasteiger partial charge < -0.3 is 15.3 Å². The van der Waals surface area contributed by atoms with Crippen LogP contribution in [0, 0.1) is 28.6 Å². The Labute approximate surface area is 133 Å². The van der Waals surface area contributed by atoms with E-state index in [1.54, 1.807) is 0 Å². The number of aliphatic hydroxyl groups excluding tert-OH is 3. The molecule has 3 heteroatoms. The lowest BCUT2D eigenvalue weighted by Gasteiger charge is -2.59. The van der Waals surface area contributed by atoms with E-state index in [0.717, 1.165) is 44.9 Å². The molecule has 0 aromatic heterocycles. The number of fused-ring (bicyclic) bond motifs is 5. The third-order valence-corrected chi connectivity index (χ3v) is 8.06. The highest BCUT2D eigenvalue weighted by molar-refractivity contribution is 5.27. The topological polar surface area (TPSA) is 60.7 Å². The van der Waals surface area contributed by atoms with Crippen LogP contribution in [-0.4, -0.2) is 33.6 Å². The fraction of sp³-hybridized carbons (Fsp3) is 0.895. The van der Waals surface area contributed by atoms with Gasteiger partial charge in [-0.3, -0.25) is 0 Å². The minimum Gasteiger partial charge on any atom is -0.393 e. The quantitative estimate of drug-likeness (QED) is 0.603. The van der Waals surface area contributed by atoms with Crippen molar-refractivity contribution in [2.75, 3.05) is 0 Å². The average Bonchev–Trinajstić information content (AvgIpc) is 2.77. The van der Waals surface area contributed by atoms with E-state index in [1.165, 1.54) is 5.57 Å². The fourth-order valence-electron chi connectivity index (χ4n) is 6.65. The number of aliphatic hydroxyl groups is 3. The van der Waals surface area contributed by atoms with E-state index in [4.69, 9.17) is 0 Å². The highest BCUT2D eigenvalue weighted by atomic mass is 16.3. The molecule has 0 amide bonds. The van der Waals surface area contributed by atoms with Gasteiger partial charge in [0.25, 0.3) is 0 Å². The van der Waals surface area contributed by atoms with Gasteiger partial charge in [-0.25, -0.2) is 0 Å². The van der Waals surface area contributed by atoms with Crippen LogP contribution >= 0.6 is 0 Å². The first kappa shape index (κ1) is 15.2. The van der Waals surface area contributed by atoms with E-state index in [1.807, 2.05) is 6.08 Å². The van der Waals surface area contributed by atoms with Crippen LogP contribution in [0.3, 0.4) is 0 Å². The van der Waals surface area contributed by atoms with Crippen molar-refractivity contribution in [3.8, 4) is 0 Å². The van der Waals surface area contributed by atoms with Crippen LogP contribution in [0.5, 0.6) is 0 Å². The molecule has 0 saturated heterocycles. The first-order valence-electron chi connectivity index (χ1n) is 9.11. The van der Waals surface area contributed by atoms with Crippen molar-refractivity contribution < 1.29 is 15.3 Å². The SMILES string of the molecule is C[C@]12CCC(O)C=C1CC(O)[C@@H]1[C@@H]2CC[C@]2(C)C(O)CC[C@@H]12. The minimum absolute atomic E-state index is 0.00784. The van der Waals surface area contributed by atoms with Crippen molar-refractivity contribution in [1.29, 1.82) is 0 Å². The van der Waals surface area contributed by atoms with Gasteiger partial charge in [-0.05, 0) is 73.5 Å². The second kappa shape index (κ2) is 4.81. The summed E-state index contributed by atoms with van der Waals surface area (Å²) < 4.78 is 0. The van der Waals surface area contributed by atoms with Crippen molar-refractivity contribution >= 4 is 0 Å². The van der Waals surface area contributed by atoms with E-state index in [2.05, 4.69) is 13.8 Å². The monoisotopic (exact) mass is 306 g/mol. The first-order chi connectivity index (χ1) is 10.4. The lowest BCUT2D eigenvalue weighted by molar-refractivity contribution is -0.121. The van der Waals surface area contributed by atoms with Gasteiger partial charge in [-0.15, -0.1) is 0 Å². The maximum Gasteiger partial charge on any atom is 0.0724 e. The summed E-state index contributed by atoms with van der Waals surface area (Å²) in [5.41, 5.74) is 1.45. The molecule has 3 N–H and O–H groups in total. The lowest BCUT2D eigenvalue weighted by atomic mass is 9.46. The molecule has 4 aliphatic carbocycles. The molecule has 3 nitrogen and oxygen atoms in total. The zero-order valence-electron chi connectivity index (χ0n) is 13.8. The summed E-state index contributed by atoms with van der Waals surface area (Å²) >= 11 is 0. The van der Waals surface area contributed by atoms with E-state index in [0.29, 0.717) is 17.8 Å². The molecule has 8 atom stereocenters. The Bertz CT molecular complexity index is 501. The number of rotatable bonds is 0. The van der Waals surface area contributed by atoms with Gasteiger partial charge in [0.15, 0.2) is 0 Å². The Morgan fingerprint density at radius 2 is 1.73 bits per heavy atom. The summed E-state index contributed by atoms with van der Waals surface area (Å²) in [7, 11) is 0. The molecule has 0 spiro atoms. The first-order valence-corrected chi connectivity index (χ1v) is 9.11. The van der Waals surface area contributed by atoms with Gasteiger partial charge in [-0.2, -0.15) is 0 Å². The Kier molecular flexibility index (Phi) is 3.32. The molecule has 0 heterocycles. The summed E-state index contributed by atoms with van der Waals surface area (Å²) in [6, 6.07) is 0. The zero-order valence-corrected chi connectivity index (χ0v) is 13.8. The molecule has 3 fully saturated rings. The van der Waals surface area contributed by atoms with Gasteiger partial charge in [0.2, 0.25) is 0 Å². The standard InChI is InChI=1S/C19H30O3/c1-18-7-5-12(20)9-11(18)10-15(21)17-13-3-4-16(22)19(13,2)8-6-14(17)18/h9,12-17,20-22H,3-8,10H2,1-2H3/t12?,13-,14-,15?,16?,17-,18-,19-/m0/s1. The molecule has 3 saturated carbocycles. The smallest absolute Gasteiger partial charge is 0.0724 e. The van der Waals surface area contributed by atoms with Crippen LogP contribution in [0.2, 0.25) is 0 Å². The summed E-state index contributed by atoms with van der Waals surface area (Å²) in [6.45, 7) is 4.61. The van der Waals surface area contributed by atoms with E-state index >= 15 is 0 Å². The van der Waals surface area contributed by atoms with Crippen LogP contribution in [-0.2, 0) is 0 Å². The molecule has 124 valence electrons. The van der Waals surface area contributed by atoms with Crippen LogP contribution in [0.4, 0.5) is 0 Å². The molecule has 4 aliphatic rings. The van der Waals surface area contributed by atoms with Crippen molar-refractivity contribution in [1.82, 2.24) is 0 Å². The van der Waals surface area contributed by atoms with Gasteiger partial charge in [0.1, 0.15) is 0 Å². The zero-order chi connectivity index (χ0) is 15.7. The lowest BCUT2D eigenvalue weighted by Crippen LogP contribution is -2.56. The molecular formula is C19H30O3. The predicted molar refractivity (Wildman–Crippen MR) is 85.1 cm³/mol. The highest BCUT2D eigenvalue weighted by Gasteiger charge is 2.61. The molecule has 3 unspecified atom stereocenters. The van der Waals surface area contributed by atoms with Crippen molar-refractivity contribution in [3.63, 3.8) is 0 Å². The Morgan fingerprint density at radius 3 is 2.50 bits per heavy atom. The third kappa shape index (κ3) is 1.85. The average molecular weight is 306 g/mol. The largest absolute Gasteiger partial charge is 0.393 e. The molecule has 0 aliphatic heterocycles. The highest BCUT2D eigenvalue weighted by Crippen LogP contribution is 2.65. The van der Waals surface area contributed by atoms with Gasteiger partial charge >= 0.3 is 0 Å². The van der Waals surface area contributed by atoms with E-state index in [-0.39, 0.29) is 29.1 Å². The van der Waals surface area contributed by atoms with Gasteiger partial charge in [0.05, 0.1) is 18.3 Å². The molecule has 22 heavy (non-hydrogen) atoms. The summed E-state index contributed by atoms with van der Waals surface area (Å²) in [5, 5.41) is 31.3. The summed E-state index contributed by atoms with van der Waals surface area (Å²) in [6.07, 6.45) is 7.97. The third-order valence-electron chi connectivity index (χ3n) is 8.06. The van der Waals surface area contributed by atoms with Crippen LogP contribution in [0.25, 0.3) is 0 Å². The van der Waals surface area contributed by atoms with E-state index in [9.17, 15) is 15.3 Å². The molecule has 0 aromatic rings. The second-order valence-electron chi connectivity index (χ2n) is 8.91. The van der Waals surface area contributed by atoms with Crippen LogP contribution < -0.4 is 0 Å². The molecule has 4 rings (SSSR count). The molecular weight excluding hydrogens is 276 g/mol. The van der Waals surface area contributed by atoms with Gasteiger partial charge in [0, 0.05) is 0 Å². The summed E-state index contributed by atoms with van der Waals surface area (Å²) in [4.78, 5) is 0. The Balaban J connectivity index is 1.72. The maximum atomic E-state index is 10.9.